The smallest absolute Gasteiger partial charge is 0.223 e. The number of aryl methyl sites for hydroxylation is 1. The van der Waals surface area contributed by atoms with E-state index in [1.54, 1.807) is 0 Å². The highest BCUT2D eigenvalue weighted by molar-refractivity contribution is 5.79. The van der Waals surface area contributed by atoms with Crippen LogP contribution >= 0.6 is 0 Å². The van der Waals surface area contributed by atoms with E-state index in [0.29, 0.717) is 11.9 Å². The molecule has 0 spiro atoms. The maximum Gasteiger partial charge on any atom is 0.223 e. The fraction of sp³-hybridized carbons (Fsp3) is 0.682. The summed E-state index contributed by atoms with van der Waals surface area (Å²) in [5.41, 5.74) is 4.38. The second-order valence-corrected chi connectivity index (χ2v) is 8.49. The fourth-order valence-corrected chi connectivity index (χ4v) is 4.92. The zero-order chi connectivity index (χ0) is 17.9. The van der Waals surface area contributed by atoms with Crippen molar-refractivity contribution < 1.29 is 4.79 Å². The molecule has 0 bridgehead atoms. The number of likely N-dealkylation sites (N-methyl/N-ethyl adjacent to an activating group) is 1. The number of amides is 1. The Hall–Kier alpha value is -1.55. The van der Waals surface area contributed by atoms with Crippen LogP contribution in [0, 0.1) is 5.92 Å². The number of carbonyl (C=O) groups excluding carboxylic acids is 1. The van der Waals surface area contributed by atoms with Crippen molar-refractivity contribution in [2.45, 2.75) is 57.4 Å². The number of anilines is 1. The molecular weight excluding hydrogens is 322 g/mol. The zero-order valence-electron chi connectivity index (χ0n) is 16.2. The van der Waals surface area contributed by atoms with Gasteiger partial charge in [-0.05, 0) is 56.3 Å². The van der Waals surface area contributed by atoms with Crippen molar-refractivity contribution in [2.75, 3.05) is 38.1 Å². The normalized spacial score (nSPS) is 25.0. The summed E-state index contributed by atoms with van der Waals surface area (Å²) in [5.74, 6) is 0.577. The van der Waals surface area contributed by atoms with Crippen LogP contribution in [0.4, 0.5) is 5.69 Å². The summed E-state index contributed by atoms with van der Waals surface area (Å²) in [6.07, 6.45) is 9.08. The van der Waals surface area contributed by atoms with Gasteiger partial charge in [-0.1, -0.05) is 31.4 Å². The third kappa shape index (κ3) is 3.90. The number of carbonyl (C=O) groups is 1. The number of hydrogen-bond acceptors (Lipinski definition) is 3. The molecule has 1 aliphatic heterocycles. The van der Waals surface area contributed by atoms with E-state index >= 15 is 0 Å². The monoisotopic (exact) mass is 355 g/mol. The molecular formula is C22H33N3O. The average Bonchev–Trinajstić information content (AvgIpc) is 2.69. The van der Waals surface area contributed by atoms with E-state index in [-0.39, 0.29) is 5.92 Å². The van der Waals surface area contributed by atoms with E-state index in [0.717, 1.165) is 58.3 Å². The van der Waals surface area contributed by atoms with Gasteiger partial charge in [-0.3, -0.25) is 4.79 Å². The Balaban J connectivity index is 1.44. The van der Waals surface area contributed by atoms with Crippen LogP contribution in [-0.2, 0) is 17.6 Å². The molecule has 1 aromatic rings. The van der Waals surface area contributed by atoms with Crippen LogP contribution in [0.15, 0.2) is 18.2 Å². The maximum atomic E-state index is 12.7. The standard InChI is InChI=1S/C22H33N3O/c1-24-12-14-25(15-13-24)21-9-5-8-17-10-11-19(16-20(17)21)23-22(26)18-6-3-2-4-7-18/h5,8-9,18-19H,2-4,6-7,10-16H2,1H3,(H,23,26)/t19-/m1/s1. The molecule has 142 valence electrons. The molecule has 4 nitrogen and oxygen atoms in total. The Morgan fingerprint density at radius 3 is 2.58 bits per heavy atom. The molecule has 0 unspecified atom stereocenters. The number of rotatable bonds is 3. The lowest BCUT2D eigenvalue weighted by molar-refractivity contribution is -0.126. The molecule has 2 fully saturated rings. The minimum atomic E-state index is 0.262. The largest absolute Gasteiger partial charge is 0.369 e. The van der Waals surface area contributed by atoms with Crippen LogP contribution in [0.3, 0.4) is 0 Å². The number of hydrogen-bond donors (Lipinski definition) is 1. The average molecular weight is 356 g/mol. The molecule has 1 atom stereocenters. The number of nitrogens with one attached hydrogen (secondary N) is 1. The van der Waals surface area contributed by atoms with Crippen LogP contribution in [0.5, 0.6) is 0 Å². The highest BCUT2D eigenvalue weighted by Crippen LogP contribution is 2.32. The van der Waals surface area contributed by atoms with Gasteiger partial charge in [-0.15, -0.1) is 0 Å². The fourth-order valence-electron chi connectivity index (χ4n) is 4.92. The van der Waals surface area contributed by atoms with Crippen molar-refractivity contribution in [3.63, 3.8) is 0 Å². The molecule has 1 saturated carbocycles. The Morgan fingerprint density at radius 1 is 1.04 bits per heavy atom. The van der Waals surface area contributed by atoms with E-state index in [2.05, 4.69) is 40.4 Å². The van der Waals surface area contributed by atoms with Crippen molar-refractivity contribution in [2.24, 2.45) is 5.92 Å². The summed E-state index contributed by atoms with van der Waals surface area (Å²) in [4.78, 5) is 17.6. The zero-order valence-corrected chi connectivity index (χ0v) is 16.2. The lowest BCUT2D eigenvalue weighted by Crippen LogP contribution is -2.46. The first-order valence-electron chi connectivity index (χ1n) is 10.6. The van der Waals surface area contributed by atoms with E-state index in [4.69, 9.17) is 0 Å². The van der Waals surface area contributed by atoms with Gasteiger partial charge >= 0.3 is 0 Å². The summed E-state index contributed by atoms with van der Waals surface area (Å²) in [6, 6.07) is 7.10. The highest BCUT2D eigenvalue weighted by Gasteiger charge is 2.28. The summed E-state index contributed by atoms with van der Waals surface area (Å²) in [7, 11) is 2.20. The SMILES string of the molecule is CN1CCN(c2cccc3c2C[C@H](NC(=O)C2CCCCC2)CC3)CC1. The quantitative estimate of drug-likeness (QED) is 0.905. The van der Waals surface area contributed by atoms with E-state index in [1.807, 2.05) is 0 Å². The van der Waals surface area contributed by atoms with Crippen LogP contribution in [0.1, 0.15) is 49.7 Å². The first-order chi connectivity index (χ1) is 12.7. The Bertz CT molecular complexity index is 630. The number of fused-ring (bicyclic) bond motifs is 1. The molecule has 1 saturated heterocycles. The lowest BCUT2D eigenvalue weighted by Gasteiger charge is -2.37. The molecule has 0 radical (unpaired) electrons. The molecule has 1 amide bonds. The van der Waals surface area contributed by atoms with Gasteiger partial charge in [0.25, 0.3) is 0 Å². The van der Waals surface area contributed by atoms with E-state index in [1.165, 1.54) is 36.1 Å². The molecule has 4 rings (SSSR count). The Labute approximate surface area is 157 Å². The van der Waals surface area contributed by atoms with Crippen LogP contribution in [0.25, 0.3) is 0 Å². The number of piperazine rings is 1. The second kappa shape index (κ2) is 7.99. The van der Waals surface area contributed by atoms with Gasteiger partial charge < -0.3 is 15.1 Å². The summed E-state index contributed by atoms with van der Waals surface area (Å²) >= 11 is 0. The van der Waals surface area contributed by atoms with Gasteiger partial charge in [0.05, 0.1) is 0 Å². The van der Waals surface area contributed by atoms with Crippen LogP contribution < -0.4 is 10.2 Å². The molecule has 1 aromatic carbocycles. The predicted octanol–water partition coefficient (Wildman–Crippen LogP) is 2.99. The van der Waals surface area contributed by atoms with E-state index < -0.39 is 0 Å². The molecule has 26 heavy (non-hydrogen) atoms. The molecule has 2 aliphatic carbocycles. The van der Waals surface area contributed by atoms with Crippen LogP contribution in [-0.4, -0.2) is 50.1 Å². The highest BCUT2D eigenvalue weighted by atomic mass is 16.1. The molecule has 1 N–H and O–H groups in total. The predicted molar refractivity (Wildman–Crippen MR) is 107 cm³/mol. The third-order valence-electron chi connectivity index (χ3n) is 6.63. The summed E-state index contributed by atoms with van der Waals surface area (Å²) < 4.78 is 0. The molecule has 1 heterocycles. The van der Waals surface area contributed by atoms with Crippen molar-refractivity contribution in [1.82, 2.24) is 10.2 Å². The van der Waals surface area contributed by atoms with Crippen molar-refractivity contribution in [3.05, 3.63) is 29.3 Å². The van der Waals surface area contributed by atoms with Gasteiger partial charge in [0.1, 0.15) is 0 Å². The van der Waals surface area contributed by atoms with E-state index in [9.17, 15) is 4.79 Å². The first kappa shape index (κ1) is 17.8. The Morgan fingerprint density at radius 2 is 1.81 bits per heavy atom. The van der Waals surface area contributed by atoms with Gasteiger partial charge in [-0.2, -0.15) is 0 Å². The number of benzene rings is 1. The van der Waals surface area contributed by atoms with Crippen molar-refractivity contribution in [3.8, 4) is 0 Å². The Kier molecular flexibility index (Phi) is 5.49. The molecule has 0 aromatic heterocycles. The molecule has 4 heteroatoms. The maximum absolute atomic E-state index is 12.7. The summed E-state index contributed by atoms with van der Waals surface area (Å²) in [5, 5.41) is 3.40. The summed E-state index contributed by atoms with van der Waals surface area (Å²) in [6.45, 7) is 4.47. The lowest BCUT2D eigenvalue weighted by atomic mass is 9.85. The van der Waals surface area contributed by atoms with Gasteiger partial charge in [0.2, 0.25) is 5.91 Å². The van der Waals surface area contributed by atoms with Crippen molar-refractivity contribution >= 4 is 11.6 Å². The minimum absolute atomic E-state index is 0.262. The topological polar surface area (TPSA) is 35.6 Å². The minimum Gasteiger partial charge on any atom is -0.369 e. The number of nitrogens with zero attached hydrogens (tertiary/aromatic N) is 2. The van der Waals surface area contributed by atoms with Gasteiger partial charge in [0, 0.05) is 43.8 Å². The second-order valence-electron chi connectivity index (χ2n) is 8.49. The third-order valence-corrected chi connectivity index (χ3v) is 6.63. The van der Waals surface area contributed by atoms with Crippen molar-refractivity contribution in [1.29, 1.82) is 0 Å². The van der Waals surface area contributed by atoms with Gasteiger partial charge in [-0.25, -0.2) is 0 Å². The molecule has 3 aliphatic rings. The first-order valence-corrected chi connectivity index (χ1v) is 10.6. The van der Waals surface area contributed by atoms with Crippen LogP contribution in [0.2, 0.25) is 0 Å². The van der Waals surface area contributed by atoms with Gasteiger partial charge in [0.15, 0.2) is 0 Å².